The van der Waals surface area contributed by atoms with Gasteiger partial charge in [0.25, 0.3) is 5.91 Å². The van der Waals surface area contributed by atoms with Crippen molar-refractivity contribution in [1.29, 1.82) is 0 Å². The van der Waals surface area contributed by atoms with E-state index >= 15 is 0 Å². The molecule has 0 bridgehead atoms. The topological polar surface area (TPSA) is 166 Å². The van der Waals surface area contributed by atoms with Crippen LogP contribution in [0, 0.1) is 5.92 Å². The summed E-state index contributed by atoms with van der Waals surface area (Å²) >= 11 is 0. The zero-order chi connectivity index (χ0) is 38.0. The molecule has 0 fully saturated rings. The molecule has 0 saturated heterocycles. The van der Waals surface area contributed by atoms with Gasteiger partial charge in [0.05, 0.1) is 47.4 Å². The van der Waals surface area contributed by atoms with E-state index in [2.05, 4.69) is 16.0 Å². The SMILES string of the molecule is C[C@H](CO)N1C[C@H](C)[C@@H](CN(C)C(=O)Nc2ccc(C(F)(F)F)cc2)Oc2c(NC(=O)CCCCCC(=O)Nc3ccccc3N)cccc2C1=O. The van der Waals surface area contributed by atoms with E-state index in [0.29, 0.717) is 30.6 Å². The smallest absolute Gasteiger partial charge is 0.416 e. The quantitative estimate of drug-likeness (QED) is 0.103. The van der Waals surface area contributed by atoms with Gasteiger partial charge >= 0.3 is 12.2 Å². The molecule has 0 aromatic heterocycles. The van der Waals surface area contributed by atoms with Crippen LogP contribution >= 0.6 is 0 Å². The Bertz CT molecular complexity index is 1720. The Balaban J connectivity index is 1.42. The van der Waals surface area contributed by atoms with Crippen molar-refractivity contribution in [3.63, 3.8) is 0 Å². The molecule has 280 valence electrons. The third-order valence-electron chi connectivity index (χ3n) is 8.77. The van der Waals surface area contributed by atoms with Crippen molar-refractivity contribution in [2.75, 3.05) is 48.4 Å². The number of hydrogen-bond donors (Lipinski definition) is 5. The van der Waals surface area contributed by atoms with Gasteiger partial charge in [-0.15, -0.1) is 0 Å². The predicted octanol–water partition coefficient (Wildman–Crippen LogP) is 6.20. The average molecular weight is 727 g/mol. The third kappa shape index (κ3) is 10.6. The van der Waals surface area contributed by atoms with Crippen molar-refractivity contribution in [3.8, 4) is 5.75 Å². The van der Waals surface area contributed by atoms with Crippen molar-refractivity contribution >= 4 is 46.5 Å². The molecule has 0 spiro atoms. The number of nitrogens with one attached hydrogen (secondary N) is 3. The Kier molecular flexibility index (Phi) is 13.5. The van der Waals surface area contributed by atoms with Crippen LogP contribution in [-0.2, 0) is 15.8 Å². The van der Waals surface area contributed by atoms with Crippen LogP contribution in [0.2, 0.25) is 0 Å². The molecular weight excluding hydrogens is 681 g/mol. The van der Waals surface area contributed by atoms with Crippen molar-refractivity contribution in [2.45, 2.75) is 64.3 Å². The van der Waals surface area contributed by atoms with Crippen molar-refractivity contribution in [3.05, 3.63) is 77.9 Å². The number of fused-ring (bicyclic) bond motifs is 1. The Labute approximate surface area is 300 Å². The normalized spacial score (nSPS) is 16.4. The molecule has 1 aliphatic rings. The highest BCUT2D eigenvalue weighted by atomic mass is 19.4. The largest absolute Gasteiger partial charge is 0.485 e. The second-order valence-corrected chi connectivity index (χ2v) is 12.9. The number of likely N-dealkylation sites (N-methyl/N-ethyl adjacent to an activating group) is 1. The van der Waals surface area contributed by atoms with E-state index in [4.69, 9.17) is 10.5 Å². The number of unbranched alkanes of at least 4 members (excludes halogenated alkanes) is 2. The van der Waals surface area contributed by atoms with Gasteiger partial charge in [0.15, 0.2) is 5.75 Å². The highest BCUT2D eigenvalue weighted by molar-refractivity contribution is 6.01. The van der Waals surface area contributed by atoms with Gasteiger partial charge in [-0.2, -0.15) is 13.2 Å². The highest BCUT2D eigenvalue weighted by Crippen LogP contribution is 2.35. The number of aliphatic hydroxyl groups is 1. The summed E-state index contributed by atoms with van der Waals surface area (Å²) in [6, 6.07) is 14.7. The molecule has 1 aliphatic heterocycles. The summed E-state index contributed by atoms with van der Waals surface area (Å²) in [6.07, 6.45) is -3.14. The number of urea groups is 1. The molecule has 4 rings (SSSR count). The Morgan fingerprint density at radius 3 is 2.17 bits per heavy atom. The first-order valence-corrected chi connectivity index (χ1v) is 17.0. The van der Waals surface area contributed by atoms with Crippen LogP contribution in [0.3, 0.4) is 0 Å². The van der Waals surface area contributed by atoms with Gasteiger partial charge in [-0.25, -0.2) is 4.79 Å². The molecule has 52 heavy (non-hydrogen) atoms. The fraction of sp³-hybridized carbons (Fsp3) is 0.405. The first kappa shape index (κ1) is 39.5. The molecule has 5 amide bonds. The number of amides is 5. The van der Waals surface area contributed by atoms with Crippen LogP contribution in [0.1, 0.15) is 61.9 Å². The number of anilines is 4. The van der Waals surface area contributed by atoms with Gasteiger partial charge in [-0.3, -0.25) is 14.4 Å². The fourth-order valence-corrected chi connectivity index (χ4v) is 5.66. The number of benzene rings is 3. The molecule has 1 heterocycles. The number of aliphatic hydroxyl groups excluding tert-OH is 1. The number of para-hydroxylation sites is 3. The molecule has 0 unspecified atom stereocenters. The number of nitrogens with zero attached hydrogens (tertiary/aromatic N) is 2. The Hall–Kier alpha value is -5.31. The van der Waals surface area contributed by atoms with E-state index < -0.39 is 35.8 Å². The van der Waals surface area contributed by atoms with Crippen LogP contribution in [0.5, 0.6) is 5.75 Å². The van der Waals surface area contributed by atoms with E-state index in [9.17, 15) is 37.5 Å². The number of nitrogen functional groups attached to an aromatic ring is 1. The maximum absolute atomic E-state index is 13.8. The second kappa shape index (κ2) is 17.8. The van der Waals surface area contributed by atoms with E-state index in [1.165, 1.54) is 16.8 Å². The molecule has 3 aromatic rings. The molecule has 3 atom stereocenters. The lowest BCUT2D eigenvalue weighted by Gasteiger charge is -2.38. The van der Waals surface area contributed by atoms with Gasteiger partial charge in [-0.05, 0) is 68.3 Å². The number of rotatable bonds is 13. The maximum atomic E-state index is 13.8. The number of halogens is 3. The van der Waals surface area contributed by atoms with Gasteiger partial charge in [0, 0.05) is 38.0 Å². The predicted molar refractivity (Wildman–Crippen MR) is 192 cm³/mol. The van der Waals surface area contributed by atoms with E-state index in [1.54, 1.807) is 49.4 Å². The Morgan fingerprint density at radius 2 is 1.56 bits per heavy atom. The first-order valence-electron chi connectivity index (χ1n) is 17.0. The Morgan fingerprint density at radius 1 is 0.942 bits per heavy atom. The highest BCUT2D eigenvalue weighted by Gasteiger charge is 2.35. The minimum absolute atomic E-state index is 0.00926. The van der Waals surface area contributed by atoms with Crippen LogP contribution in [-0.4, -0.2) is 77.5 Å². The summed E-state index contributed by atoms with van der Waals surface area (Å²) in [6.45, 7) is 3.44. The number of nitrogens with two attached hydrogens (primary N) is 1. The fourth-order valence-electron chi connectivity index (χ4n) is 5.66. The first-order chi connectivity index (χ1) is 24.7. The van der Waals surface area contributed by atoms with Crippen LogP contribution in [0.4, 0.5) is 40.7 Å². The molecule has 0 saturated carbocycles. The molecule has 6 N–H and O–H groups in total. The molecule has 15 heteroatoms. The number of hydrogen-bond acceptors (Lipinski definition) is 7. The standard InChI is InChI=1S/C37H45F3N6O6/c1-23-20-46(24(2)22-47)35(50)27-10-9-13-30(44-33(49)15-6-4-5-14-32(48)43-29-12-8-7-11-28(29)41)34(27)52-31(23)21-45(3)36(51)42-26-18-16-25(17-19-26)37(38,39)40/h7-13,16-19,23-24,31,47H,4-6,14-15,20-22,41H2,1-3H3,(H,42,51)(H,43,48)(H,44,49)/t23-,24+,31+/m0/s1. The summed E-state index contributed by atoms with van der Waals surface area (Å²) in [7, 11) is 1.50. The summed E-state index contributed by atoms with van der Waals surface area (Å²) in [5.41, 5.74) is 6.63. The van der Waals surface area contributed by atoms with Gasteiger partial charge in [-0.1, -0.05) is 31.5 Å². The van der Waals surface area contributed by atoms with Gasteiger partial charge in [0.2, 0.25) is 11.8 Å². The zero-order valence-electron chi connectivity index (χ0n) is 29.3. The number of ether oxygens (including phenoxy) is 1. The summed E-state index contributed by atoms with van der Waals surface area (Å²) in [5.74, 6) is -1.16. The minimum Gasteiger partial charge on any atom is -0.485 e. The molecule has 3 aromatic carbocycles. The number of carbonyl (C=O) groups excluding carboxylic acids is 4. The molecular formula is C37H45F3N6O6. The van der Waals surface area contributed by atoms with Crippen molar-refractivity contribution in [1.82, 2.24) is 9.80 Å². The van der Waals surface area contributed by atoms with E-state index in [0.717, 1.165) is 24.3 Å². The lowest BCUT2D eigenvalue weighted by Crippen LogP contribution is -2.50. The maximum Gasteiger partial charge on any atom is 0.416 e. The monoisotopic (exact) mass is 726 g/mol. The lowest BCUT2D eigenvalue weighted by molar-refractivity contribution is -0.137. The summed E-state index contributed by atoms with van der Waals surface area (Å²) < 4.78 is 45.4. The van der Waals surface area contributed by atoms with Crippen LogP contribution < -0.4 is 26.4 Å². The van der Waals surface area contributed by atoms with E-state index in [-0.39, 0.29) is 73.0 Å². The second-order valence-electron chi connectivity index (χ2n) is 12.9. The number of alkyl halides is 3. The third-order valence-corrected chi connectivity index (χ3v) is 8.77. The van der Waals surface area contributed by atoms with Crippen molar-refractivity contribution in [2.24, 2.45) is 5.92 Å². The molecule has 0 radical (unpaired) electrons. The summed E-state index contributed by atoms with van der Waals surface area (Å²) in [4.78, 5) is 55.1. The molecule has 12 nitrogen and oxygen atoms in total. The van der Waals surface area contributed by atoms with Crippen LogP contribution in [0.25, 0.3) is 0 Å². The van der Waals surface area contributed by atoms with Gasteiger partial charge < -0.3 is 41.3 Å². The molecule has 0 aliphatic carbocycles. The van der Waals surface area contributed by atoms with Gasteiger partial charge in [0.1, 0.15) is 6.10 Å². The minimum atomic E-state index is -4.51. The summed E-state index contributed by atoms with van der Waals surface area (Å²) in [5, 5.41) is 18.2. The average Bonchev–Trinajstić information content (AvgIpc) is 3.10. The van der Waals surface area contributed by atoms with Crippen molar-refractivity contribution < 1.29 is 42.2 Å². The van der Waals surface area contributed by atoms with Crippen LogP contribution in [0.15, 0.2) is 66.7 Å². The van der Waals surface area contributed by atoms with E-state index in [1.807, 2.05) is 6.92 Å². The zero-order valence-corrected chi connectivity index (χ0v) is 29.3. The lowest BCUT2D eigenvalue weighted by atomic mass is 9.99. The number of carbonyl (C=O) groups is 4.